The van der Waals surface area contributed by atoms with Gasteiger partial charge in [-0.25, -0.2) is 14.0 Å². The van der Waals surface area contributed by atoms with Gasteiger partial charge in [-0.2, -0.15) is 0 Å². The molecule has 1 atom stereocenters. The quantitative estimate of drug-likeness (QED) is 0.488. The van der Waals surface area contributed by atoms with Crippen LogP contribution >= 0.6 is 11.6 Å². The van der Waals surface area contributed by atoms with Gasteiger partial charge in [-0.15, -0.1) is 0 Å². The fraction of sp³-hybridized carbons (Fsp3) is 0.529. The summed E-state index contributed by atoms with van der Waals surface area (Å²) in [5.74, 6) is -0.518. The Kier molecular flexibility index (Phi) is 9.75. The van der Waals surface area contributed by atoms with Crippen molar-refractivity contribution in [2.75, 3.05) is 26.7 Å². The summed E-state index contributed by atoms with van der Waals surface area (Å²) in [7, 11) is 1.68. The predicted octanol–water partition coefficient (Wildman–Crippen LogP) is 2.08. The van der Waals surface area contributed by atoms with Crippen LogP contribution in [0.3, 0.4) is 0 Å². The van der Waals surface area contributed by atoms with Crippen LogP contribution in [-0.4, -0.2) is 54.9 Å². The molecule has 4 N–H and O–H groups in total. The van der Waals surface area contributed by atoms with E-state index in [0.29, 0.717) is 24.9 Å². The number of hydrogen-bond donors (Lipinski definition) is 4. The molecule has 0 unspecified atom stereocenters. The Balaban J connectivity index is 2.31. The minimum atomic E-state index is -0.518. The molecule has 26 heavy (non-hydrogen) atoms. The fourth-order valence-corrected chi connectivity index (χ4v) is 2.40. The van der Waals surface area contributed by atoms with Crippen LogP contribution in [0.5, 0.6) is 0 Å². The molecule has 0 saturated heterocycles. The third-order valence-electron chi connectivity index (χ3n) is 3.92. The highest BCUT2D eigenvalue weighted by Crippen LogP contribution is 2.19. The molecule has 0 heterocycles. The normalized spacial score (nSPS) is 11.6. The molecule has 0 saturated carbocycles. The molecule has 7 nitrogen and oxygen atoms in total. The summed E-state index contributed by atoms with van der Waals surface area (Å²) >= 11 is 5.87. The van der Waals surface area contributed by atoms with Gasteiger partial charge in [0.15, 0.2) is 0 Å². The van der Waals surface area contributed by atoms with Crippen LogP contribution in [0.1, 0.15) is 25.3 Å². The van der Waals surface area contributed by atoms with Gasteiger partial charge >= 0.3 is 12.1 Å². The zero-order chi connectivity index (χ0) is 19.5. The summed E-state index contributed by atoms with van der Waals surface area (Å²) < 4.78 is 13.4. The molecular weight excluding hydrogens is 363 g/mol. The highest BCUT2D eigenvalue weighted by molar-refractivity contribution is 6.31. The van der Waals surface area contributed by atoms with Crippen LogP contribution < -0.4 is 16.0 Å². The smallest absolute Gasteiger partial charge is 0.317 e. The number of halogens is 2. The van der Waals surface area contributed by atoms with Crippen LogP contribution in [0.2, 0.25) is 5.02 Å². The van der Waals surface area contributed by atoms with Crippen molar-refractivity contribution in [1.29, 1.82) is 0 Å². The van der Waals surface area contributed by atoms with Crippen molar-refractivity contribution in [3.8, 4) is 0 Å². The van der Waals surface area contributed by atoms with E-state index < -0.39 is 5.82 Å². The molecule has 0 aromatic heterocycles. The number of nitrogens with zero attached hydrogens (tertiary/aromatic N) is 1. The lowest BCUT2D eigenvalue weighted by atomic mass is 10.1. The summed E-state index contributed by atoms with van der Waals surface area (Å²) in [5, 5.41) is 16.5. The lowest BCUT2D eigenvalue weighted by molar-refractivity contribution is 0.190. The van der Waals surface area contributed by atoms with E-state index in [4.69, 9.17) is 16.7 Å². The van der Waals surface area contributed by atoms with Gasteiger partial charge in [0.2, 0.25) is 0 Å². The lowest BCUT2D eigenvalue weighted by Gasteiger charge is -2.25. The van der Waals surface area contributed by atoms with Crippen molar-refractivity contribution in [2.24, 2.45) is 0 Å². The van der Waals surface area contributed by atoms with Crippen molar-refractivity contribution in [3.05, 3.63) is 34.6 Å². The molecule has 9 heteroatoms. The topological polar surface area (TPSA) is 93.7 Å². The minimum absolute atomic E-state index is 0.00838. The van der Waals surface area contributed by atoms with E-state index in [0.717, 1.165) is 0 Å². The number of carbonyl (C=O) groups excluding carboxylic acids is 2. The maximum absolute atomic E-state index is 13.4. The number of hydrogen-bond acceptors (Lipinski definition) is 3. The van der Waals surface area contributed by atoms with Crippen molar-refractivity contribution in [2.45, 2.75) is 32.4 Å². The SMILES string of the molecule is C[C@@H](CCCNC(=O)NCCO)N(C)C(=O)NCc1cccc(F)c1Cl. The minimum Gasteiger partial charge on any atom is -0.395 e. The summed E-state index contributed by atoms with van der Waals surface area (Å²) in [5.41, 5.74) is 0.513. The van der Waals surface area contributed by atoms with Gasteiger partial charge in [0.1, 0.15) is 5.82 Å². The van der Waals surface area contributed by atoms with Crippen molar-refractivity contribution < 1.29 is 19.1 Å². The molecule has 4 amide bonds. The number of amides is 4. The third-order valence-corrected chi connectivity index (χ3v) is 4.35. The van der Waals surface area contributed by atoms with Gasteiger partial charge in [0.05, 0.1) is 11.6 Å². The van der Waals surface area contributed by atoms with Crippen LogP contribution in [-0.2, 0) is 6.54 Å². The second kappa shape index (κ2) is 11.5. The summed E-state index contributed by atoms with van der Waals surface area (Å²) in [4.78, 5) is 25.1. The van der Waals surface area contributed by atoms with E-state index in [1.807, 2.05) is 6.92 Å². The first-order valence-corrected chi connectivity index (χ1v) is 8.80. The van der Waals surface area contributed by atoms with Gasteiger partial charge in [0, 0.05) is 32.7 Å². The van der Waals surface area contributed by atoms with E-state index in [1.165, 1.54) is 6.07 Å². The van der Waals surface area contributed by atoms with E-state index in [9.17, 15) is 14.0 Å². The summed E-state index contributed by atoms with van der Waals surface area (Å²) in [6.07, 6.45) is 1.39. The second-order valence-corrected chi connectivity index (χ2v) is 6.26. The van der Waals surface area contributed by atoms with Gasteiger partial charge in [-0.3, -0.25) is 0 Å². The molecule has 0 aliphatic carbocycles. The number of rotatable bonds is 9. The predicted molar refractivity (Wildman–Crippen MR) is 98.6 cm³/mol. The third kappa shape index (κ3) is 7.45. The van der Waals surface area contributed by atoms with Gasteiger partial charge in [-0.05, 0) is 31.4 Å². The zero-order valence-corrected chi connectivity index (χ0v) is 15.8. The molecule has 0 aliphatic heterocycles. The first-order valence-electron chi connectivity index (χ1n) is 8.43. The second-order valence-electron chi connectivity index (χ2n) is 5.88. The highest BCUT2D eigenvalue weighted by atomic mass is 35.5. The largest absolute Gasteiger partial charge is 0.395 e. The van der Waals surface area contributed by atoms with Crippen LogP contribution in [0, 0.1) is 5.82 Å². The number of carbonyl (C=O) groups is 2. The van der Waals surface area contributed by atoms with Gasteiger partial charge < -0.3 is 26.0 Å². The van der Waals surface area contributed by atoms with Crippen LogP contribution in [0.4, 0.5) is 14.0 Å². The number of benzene rings is 1. The number of nitrogens with one attached hydrogen (secondary N) is 3. The molecule has 0 aliphatic rings. The fourth-order valence-electron chi connectivity index (χ4n) is 2.21. The monoisotopic (exact) mass is 388 g/mol. The van der Waals surface area contributed by atoms with E-state index in [1.54, 1.807) is 24.1 Å². The molecule has 146 valence electrons. The average Bonchev–Trinajstić information content (AvgIpc) is 2.63. The molecule has 0 spiro atoms. The number of aliphatic hydroxyl groups is 1. The maximum Gasteiger partial charge on any atom is 0.317 e. The number of urea groups is 2. The molecule has 1 aromatic carbocycles. The van der Waals surface area contributed by atoms with Crippen LogP contribution in [0.15, 0.2) is 18.2 Å². The van der Waals surface area contributed by atoms with E-state index >= 15 is 0 Å². The van der Waals surface area contributed by atoms with Crippen molar-refractivity contribution >= 4 is 23.7 Å². The first kappa shape index (κ1) is 22.0. The standard InChI is InChI=1S/C17H26ClFN4O3/c1-12(5-4-8-20-16(25)21-9-10-24)23(2)17(26)22-11-13-6-3-7-14(19)15(13)18/h3,6-7,12,24H,4-5,8-11H2,1-2H3,(H,22,26)(H2,20,21,25)/t12-/m0/s1. The Bertz CT molecular complexity index is 603. The Hall–Kier alpha value is -2.06. The Morgan fingerprint density at radius 3 is 2.65 bits per heavy atom. The number of aliphatic hydroxyl groups excluding tert-OH is 1. The maximum atomic E-state index is 13.4. The van der Waals surface area contributed by atoms with Crippen molar-refractivity contribution in [3.63, 3.8) is 0 Å². The molecule has 0 fully saturated rings. The zero-order valence-electron chi connectivity index (χ0n) is 15.0. The summed E-state index contributed by atoms with van der Waals surface area (Å²) in [6.45, 7) is 2.61. The van der Waals surface area contributed by atoms with Gasteiger partial charge in [-0.1, -0.05) is 23.7 Å². The first-order chi connectivity index (χ1) is 12.4. The molecular formula is C17H26ClFN4O3. The molecule has 0 radical (unpaired) electrons. The highest BCUT2D eigenvalue weighted by Gasteiger charge is 2.16. The van der Waals surface area contributed by atoms with Crippen LogP contribution in [0.25, 0.3) is 0 Å². The van der Waals surface area contributed by atoms with E-state index in [-0.39, 0.29) is 42.8 Å². The summed E-state index contributed by atoms with van der Waals surface area (Å²) in [6, 6.07) is 3.80. The molecule has 1 aromatic rings. The van der Waals surface area contributed by atoms with Gasteiger partial charge in [0.25, 0.3) is 0 Å². The average molecular weight is 389 g/mol. The Labute approximate surface area is 157 Å². The lowest BCUT2D eigenvalue weighted by Crippen LogP contribution is -2.42. The molecule has 1 rings (SSSR count). The Morgan fingerprint density at radius 1 is 1.27 bits per heavy atom. The Morgan fingerprint density at radius 2 is 1.96 bits per heavy atom. The van der Waals surface area contributed by atoms with E-state index in [2.05, 4.69) is 16.0 Å². The van der Waals surface area contributed by atoms with Crippen molar-refractivity contribution in [1.82, 2.24) is 20.9 Å². The molecule has 0 bridgehead atoms.